The van der Waals surface area contributed by atoms with Crippen molar-refractivity contribution in [2.75, 3.05) is 11.1 Å². The average Bonchev–Trinajstić information content (AvgIpc) is 2.97. The van der Waals surface area contributed by atoms with Gasteiger partial charge < -0.3 is 10.3 Å². The summed E-state index contributed by atoms with van der Waals surface area (Å²) >= 11 is 1.36. The van der Waals surface area contributed by atoms with E-state index >= 15 is 0 Å². The van der Waals surface area contributed by atoms with Gasteiger partial charge in [0.05, 0.1) is 12.1 Å². The molecular formula is C15H15N5OS. The number of benzene rings is 1. The lowest BCUT2D eigenvalue weighted by Crippen LogP contribution is -2.15. The first-order chi connectivity index (χ1) is 10.6. The Labute approximate surface area is 131 Å². The Balaban J connectivity index is 1.66. The molecule has 0 bridgehead atoms. The second-order valence-electron chi connectivity index (χ2n) is 4.94. The number of aromatic nitrogens is 4. The predicted octanol–water partition coefficient (Wildman–Crippen LogP) is 2.70. The van der Waals surface area contributed by atoms with Gasteiger partial charge in [-0.2, -0.15) is 0 Å². The zero-order valence-corrected chi connectivity index (χ0v) is 13.1. The molecule has 7 heteroatoms. The van der Waals surface area contributed by atoms with Crippen LogP contribution < -0.4 is 5.32 Å². The molecular weight excluding hydrogens is 298 g/mol. The lowest BCUT2D eigenvalue weighted by Gasteiger charge is -2.09. The number of hydrogen-bond donors (Lipinski definition) is 2. The minimum absolute atomic E-state index is 0.0665. The van der Waals surface area contributed by atoms with Gasteiger partial charge in [0.2, 0.25) is 5.91 Å². The Morgan fingerprint density at radius 2 is 2.14 bits per heavy atom. The van der Waals surface area contributed by atoms with Crippen molar-refractivity contribution in [3.8, 4) is 0 Å². The maximum absolute atomic E-state index is 12.1. The van der Waals surface area contributed by atoms with Crippen LogP contribution in [0.1, 0.15) is 11.1 Å². The second kappa shape index (κ2) is 6.15. The van der Waals surface area contributed by atoms with Crippen molar-refractivity contribution in [2.24, 2.45) is 0 Å². The Hall–Kier alpha value is -2.41. The molecule has 1 amide bonds. The van der Waals surface area contributed by atoms with Crippen molar-refractivity contribution < 1.29 is 4.79 Å². The standard InChI is InChI=1S/C15H15N5OS/c1-9-3-4-11(10(2)5-9)20-12(21)6-22-15-13-14(17-7-16-13)18-8-19-15/h3-5,7-8H,6H2,1-2H3,(H,20,21)(H,16,17,18,19). The monoisotopic (exact) mass is 313 g/mol. The molecule has 112 valence electrons. The summed E-state index contributed by atoms with van der Waals surface area (Å²) in [6.45, 7) is 4.01. The minimum Gasteiger partial charge on any atom is -0.341 e. The summed E-state index contributed by atoms with van der Waals surface area (Å²) in [6.07, 6.45) is 3.02. The van der Waals surface area contributed by atoms with Crippen LogP contribution in [0, 0.1) is 13.8 Å². The van der Waals surface area contributed by atoms with Crippen molar-refractivity contribution in [1.82, 2.24) is 19.9 Å². The second-order valence-corrected chi connectivity index (χ2v) is 5.90. The largest absolute Gasteiger partial charge is 0.341 e. The molecule has 0 unspecified atom stereocenters. The molecule has 2 N–H and O–H groups in total. The smallest absolute Gasteiger partial charge is 0.234 e. The maximum atomic E-state index is 12.1. The van der Waals surface area contributed by atoms with E-state index in [-0.39, 0.29) is 11.7 Å². The third-order valence-electron chi connectivity index (χ3n) is 3.18. The Kier molecular flexibility index (Phi) is 4.06. The highest BCUT2D eigenvalue weighted by molar-refractivity contribution is 8.00. The molecule has 1 aromatic carbocycles. The van der Waals surface area contributed by atoms with Crippen LogP contribution in [0.5, 0.6) is 0 Å². The molecule has 0 aliphatic rings. The number of thioether (sulfide) groups is 1. The first-order valence-electron chi connectivity index (χ1n) is 6.77. The van der Waals surface area contributed by atoms with E-state index in [1.54, 1.807) is 6.33 Å². The molecule has 0 saturated carbocycles. The zero-order valence-electron chi connectivity index (χ0n) is 12.3. The number of imidazole rings is 1. The van der Waals surface area contributed by atoms with Crippen LogP contribution in [-0.2, 0) is 4.79 Å². The number of fused-ring (bicyclic) bond motifs is 1. The molecule has 22 heavy (non-hydrogen) atoms. The SMILES string of the molecule is Cc1ccc(NC(=O)CSc2ncnc3nc[nH]c23)c(C)c1. The number of anilines is 1. The summed E-state index contributed by atoms with van der Waals surface area (Å²) in [5.74, 6) is 0.210. The number of hydrogen-bond acceptors (Lipinski definition) is 5. The Morgan fingerprint density at radius 1 is 1.27 bits per heavy atom. The lowest BCUT2D eigenvalue weighted by atomic mass is 10.1. The number of carbonyl (C=O) groups excluding carboxylic acids is 1. The van der Waals surface area contributed by atoms with E-state index in [0.29, 0.717) is 5.65 Å². The van der Waals surface area contributed by atoms with Gasteiger partial charge in [0.15, 0.2) is 5.65 Å². The first kappa shape index (κ1) is 14.5. The van der Waals surface area contributed by atoms with E-state index in [9.17, 15) is 4.79 Å². The summed E-state index contributed by atoms with van der Waals surface area (Å²) in [5.41, 5.74) is 4.42. The fourth-order valence-corrected chi connectivity index (χ4v) is 2.88. The molecule has 3 aromatic rings. The molecule has 2 aromatic heterocycles. The number of rotatable bonds is 4. The zero-order chi connectivity index (χ0) is 15.5. The molecule has 0 spiro atoms. The number of carbonyl (C=O) groups is 1. The van der Waals surface area contributed by atoms with Gasteiger partial charge in [0, 0.05) is 5.69 Å². The van der Waals surface area contributed by atoms with Crippen LogP contribution in [0.25, 0.3) is 11.2 Å². The summed E-state index contributed by atoms with van der Waals surface area (Å²) in [4.78, 5) is 27.4. The van der Waals surface area contributed by atoms with Crippen LogP contribution in [-0.4, -0.2) is 31.6 Å². The molecule has 0 fully saturated rings. The lowest BCUT2D eigenvalue weighted by molar-refractivity contribution is -0.113. The van der Waals surface area contributed by atoms with Crippen LogP contribution >= 0.6 is 11.8 Å². The maximum Gasteiger partial charge on any atom is 0.234 e. The summed E-state index contributed by atoms with van der Waals surface area (Å²) in [6, 6.07) is 5.95. The van der Waals surface area contributed by atoms with Crippen LogP contribution in [0.4, 0.5) is 5.69 Å². The number of amides is 1. The average molecular weight is 313 g/mol. The topological polar surface area (TPSA) is 83.6 Å². The molecule has 0 atom stereocenters. The van der Waals surface area contributed by atoms with Gasteiger partial charge in [0.1, 0.15) is 16.9 Å². The van der Waals surface area contributed by atoms with E-state index < -0.39 is 0 Å². The van der Waals surface area contributed by atoms with E-state index in [4.69, 9.17) is 0 Å². The third kappa shape index (κ3) is 3.09. The molecule has 6 nitrogen and oxygen atoms in total. The van der Waals surface area contributed by atoms with Gasteiger partial charge in [-0.25, -0.2) is 15.0 Å². The molecule has 0 aliphatic carbocycles. The number of H-pyrrole nitrogens is 1. The third-order valence-corrected chi connectivity index (χ3v) is 4.17. The summed E-state index contributed by atoms with van der Waals surface area (Å²) in [5, 5.41) is 3.64. The molecule has 0 saturated heterocycles. The highest BCUT2D eigenvalue weighted by Crippen LogP contribution is 2.22. The molecule has 2 heterocycles. The van der Waals surface area contributed by atoms with Gasteiger partial charge in [-0.1, -0.05) is 29.5 Å². The van der Waals surface area contributed by atoms with E-state index in [1.165, 1.54) is 23.7 Å². The Morgan fingerprint density at radius 3 is 2.95 bits per heavy atom. The van der Waals surface area contributed by atoms with Gasteiger partial charge in [-0.05, 0) is 25.5 Å². The van der Waals surface area contributed by atoms with E-state index in [0.717, 1.165) is 21.8 Å². The fraction of sp³-hybridized carbons (Fsp3) is 0.200. The van der Waals surface area contributed by atoms with Crippen molar-refractivity contribution >= 4 is 34.5 Å². The van der Waals surface area contributed by atoms with E-state index in [1.807, 2.05) is 32.0 Å². The molecule has 0 radical (unpaired) electrons. The molecule has 0 aliphatic heterocycles. The van der Waals surface area contributed by atoms with Crippen molar-refractivity contribution in [2.45, 2.75) is 18.9 Å². The number of aromatic amines is 1. The van der Waals surface area contributed by atoms with Crippen LogP contribution in [0.3, 0.4) is 0 Å². The van der Waals surface area contributed by atoms with Gasteiger partial charge in [-0.15, -0.1) is 0 Å². The number of nitrogens with one attached hydrogen (secondary N) is 2. The summed E-state index contributed by atoms with van der Waals surface area (Å²) in [7, 11) is 0. The highest BCUT2D eigenvalue weighted by Gasteiger charge is 2.10. The first-order valence-corrected chi connectivity index (χ1v) is 7.76. The Bertz CT molecular complexity index is 830. The highest BCUT2D eigenvalue weighted by atomic mass is 32.2. The van der Waals surface area contributed by atoms with Gasteiger partial charge >= 0.3 is 0 Å². The van der Waals surface area contributed by atoms with E-state index in [2.05, 4.69) is 25.3 Å². The number of aryl methyl sites for hydroxylation is 2. The van der Waals surface area contributed by atoms with Crippen molar-refractivity contribution in [3.05, 3.63) is 42.0 Å². The normalized spacial score (nSPS) is 10.8. The predicted molar refractivity (Wildman–Crippen MR) is 87.0 cm³/mol. The van der Waals surface area contributed by atoms with Gasteiger partial charge in [0.25, 0.3) is 0 Å². The fourth-order valence-electron chi connectivity index (χ4n) is 2.13. The molecule has 3 rings (SSSR count). The van der Waals surface area contributed by atoms with Crippen molar-refractivity contribution in [3.63, 3.8) is 0 Å². The summed E-state index contributed by atoms with van der Waals surface area (Å²) < 4.78 is 0. The van der Waals surface area contributed by atoms with Crippen molar-refractivity contribution in [1.29, 1.82) is 0 Å². The van der Waals surface area contributed by atoms with Gasteiger partial charge in [-0.3, -0.25) is 4.79 Å². The minimum atomic E-state index is -0.0665. The number of nitrogens with zero attached hydrogens (tertiary/aromatic N) is 3. The quantitative estimate of drug-likeness (QED) is 0.571. The van der Waals surface area contributed by atoms with Crippen LogP contribution in [0.15, 0.2) is 35.9 Å². The van der Waals surface area contributed by atoms with Crippen LogP contribution in [0.2, 0.25) is 0 Å².